The van der Waals surface area contributed by atoms with Crippen molar-refractivity contribution < 1.29 is 9.53 Å². The molecule has 0 N–H and O–H groups in total. The minimum absolute atomic E-state index is 0.259. The van der Waals surface area contributed by atoms with Gasteiger partial charge in [0.05, 0.1) is 11.9 Å². The zero-order valence-corrected chi connectivity index (χ0v) is 7.70. The minimum atomic E-state index is -0.320. The Hall–Kier alpha value is 0.170. The van der Waals surface area contributed by atoms with Gasteiger partial charge in [0.1, 0.15) is 0 Å². The topological polar surface area (TPSA) is 26.3 Å². The number of ether oxygens (including phenoxy) is 1. The van der Waals surface area contributed by atoms with Gasteiger partial charge >= 0.3 is 5.97 Å². The molecule has 1 atom stereocenters. The van der Waals surface area contributed by atoms with E-state index in [1.807, 2.05) is 0 Å². The first-order valence-electron chi connectivity index (χ1n) is 3.14. The molecule has 0 aromatic rings. The van der Waals surface area contributed by atoms with E-state index < -0.39 is 0 Å². The van der Waals surface area contributed by atoms with Gasteiger partial charge < -0.3 is 4.74 Å². The lowest BCUT2D eigenvalue weighted by atomic mass is 10.5. The molecule has 0 spiro atoms. The number of carbonyl (C=O) groups excluding carboxylic acids is 1. The Bertz CT molecular complexity index is 104. The van der Waals surface area contributed by atoms with Crippen molar-refractivity contribution in [3.63, 3.8) is 0 Å². The van der Waals surface area contributed by atoms with Gasteiger partial charge in [-0.15, -0.1) is 0 Å². The van der Waals surface area contributed by atoms with Crippen LogP contribution in [0.25, 0.3) is 0 Å². The highest BCUT2D eigenvalue weighted by atomic mass is 32.1. The third-order valence-corrected chi connectivity index (χ3v) is 1.41. The summed E-state index contributed by atoms with van der Waals surface area (Å²) in [5.41, 5.74) is 0. The van der Waals surface area contributed by atoms with Gasteiger partial charge in [-0.1, -0.05) is 0 Å². The molecule has 0 heterocycles. The second kappa shape index (κ2) is 5.92. The third-order valence-electron chi connectivity index (χ3n) is 0.888. The first kappa shape index (κ1) is 10.2. The summed E-state index contributed by atoms with van der Waals surface area (Å²) < 4.78 is 4.78. The van der Waals surface area contributed by atoms with Gasteiger partial charge in [0.2, 0.25) is 0 Å². The highest BCUT2D eigenvalue weighted by Crippen LogP contribution is 1.96. The fourth-order valence-corrected chi connectivity index (χ4v) is 0.562. The molecule has 0 aliphatic heterocycles. The number of hydrogen-bond donors (Lipinski definition) is 2. The summed E-state index contributed by atoms with van der Waals surface area (Å²) in [4.78, 5) is 10.7. The summed E-state index contributed by atoms with van der Waals surface area (Å²) in [6, 6.07) is 0. The van der Waals surface area contributed by atoms with Gasteiger partial charge in [-0.2, -0.15) is 25.3 Å². The van der Waals surface area contributed by atoms with Crippen LogP contribution in [0.15, 0.2) is 0 Å². The second-order valence-corrected chi connectivity index (χ2v) is 3.14. The van der Waals surface area contributed by atoms with E-state index in [4.69, 9.17) is 4.74 Å². The predicted molar refractivity (Wildman–Crippen MR) is 47.9 cm³/mol. The van der Waals surface area contributed by atoms with Gasteiger partial charge in [0, 0.05) is 0 Å². The molecule has 0 bridgehead atoms. The molecular formula is C6H12O2S2. The van der Waals surface area contributed by atoms with Crippen molar-refractivity contribution >= 4 is 31.2 Å². The molecule has 60 valence electrons. The van der Waals surface area contributed by atoms with Crippen LogP contribution in [0.5, 0.6) is 0 Å². The largest absolute Gasteiger partial charge is 0.465 e. The number of rotatable bonds is 4. The molecule has 10 heavy (non-hydrogen) atoms. The second-order valence-electron chi connectivity index (χ2n) is 1.92. The fraction of sp³-hybridized carbons (Fsp3) is 0.833. The molecule has 0 fully saturated rings. The van der Waals surface area contributed by atoms with Crippen LogP contribution in [0.4, 0.5) is 0 Å². The zero-order valence-electron chi connectivity index (χ0n) is 5.91. The van der Waals surface area contributed by atoms with E-state index in [-0.39, 0.29) is 11.2 Å². The van der Waals surface area contributed by atoms with Gasteiger partial charge in [-0.05, 0) is 19.1 Å². The van der Waals surface area contributed by atoms with Crippen LogP contribution < -0.4 is 0 Å². The van der Waals surface area contributed by atoms with Gasteiger partial charge in [0.25, 0.3) is 0 Å². The number of hydrogen-bond acceptors (Lipinski definition) is 4. The van der Waals surface area contributed by atoms with Crippen molar-refractivity contribution in [2.24, 2.45) is 0 Å². The molecular weight excluding hydrogens is 168 g/mol. The fourth-order valence-electron chi connectivity index (χ4n) is 0.358. The lowest BCUT2D eigenvalue weighted by molar-refractivity contribution is -0.142. The van der Waals surface area contributed by atoms with E-state index in [1.165, 1.54) is 0 Å². The highest BCUT2D eigenvalue weighted by Gasteiger charge is 2.07. The Morgan fingerprint density at radius 3 is 2.70 bits per heavy atom. The smallest absolute Gasteiger partial charge is 0.318 e. The molecule has 0 aromatic carbocycles. The summed E-state index contributed by atoms with van der Waals surface area (Å²) in [5.74, 6) is 0.485. The van der Waals surface area contributed by atoms with Crippen molar-refractivity contribution in [1.29, 1.82) is 0 Å². The summed E-state index contributed by atoms with van der Waals surface area (Å²) in [7, 11) is 0. The molecule has 0 radical (unpaired) electrons. The first-order valence-corrected chi connectivity index (χ1v) is 4.29. The maximum Gasteiger partial charge on any atom is 0.318 e. The quantitative estimate of drug-likeness (QED) is 0.386. The van der Waals surface area contributed by atoms with E-state index in [1.54, 1.807) is 6.92 Å². The molecule has 2 nitrogen and oxygen atoms in total. The Balaban J connectivity index is 3.22. The Morgan fingerprint density at radius 1 is 1.70 bits per heavy atom. The molecule has 0 rings (SSSR count). The first-order chi connectivity index (χ1) is 4.68. The third kappa shape index (κ3) is 4.99. The monoisotopic (exact) mass is 180 g/mol. The molecule has 0 saturated carbocycles. The molecule has 0 aliphatic carbocycles. The maximum atomic E-state index is 10.7. The van der Waals surface area contributed by atoms with Crippen LogP contribution in [-0.2, 0) is 9.53 Å². The SMILES string of the molecule is CC(S)C(=O)OCCCS. The maximum absolute atomic E-state index is 10.7. The number of thiol groups is 2. The van der Waals surface area contributed by atoms with Crippen LogP contribution in [-0.4, -0.2) is 23.6 Å². The Kier molecular flexibility index (Phi) is 6.02. The van der Waals surface area contributed by atoms with Gasteiger partial charge in [-0.3, -0.25) is 4.79 Å². The van der Waals surface area contributed by atoms with Crippen LogP contribution in [0.2, 0.25) is 0 Å². The zero-order chi connectivity index (χ0) is 7.98. The molecule has 0 saturated heterocycles. The van der Waals surface area contributed by atoms with Crippen molar-refractivity contribution in [1.82, 2.24) is 0 Å². The highest BCUT2D eigenvalue weighted by molar-refractivity contribution is 7.81. The summed E-state index contributed by atoms with van der Waals surface area (Å²) >= 11 is 7.87. The Morgan fingerprint density at radius 2 is 2.30 bits per heavy atom. The molecule has 0 aromatic heterocycles. The van der Waals surface area contributed by atoms with Crippen LogP contribution in [0.1, 0.15) is 13.3 Å². The molecule has 0 amide bonds. The summed E-state index contributed by atoms with van der Waals surface area (Å²) in [6.45, 7) is 2.14. The van der Waals surface area contributed by atoms with E-state index in [0.717, 1.165) is 12.2 Å². The van der Waals surface area contributed by atoms with E-state index >= 15 is 0 Å². The van der Waals surface area contributed by atoms with Crippen molar-refractivity contribution in [2.45, 2.75) is 18.6 Å². The summed E-state index contributed by atoms with van der Waals surface area (Å²) in [5, 5.41) is -0.320. The van der Waals surface area contributed by atoms with Crippen molar-refractivity contribution in [3.05, 3.63) is 0 Å². The van der Waals surface area contributed by atoms with Gasteiger partial charge in [-0.25, -0.2) is 0 Å². The molecule has 1 unspecified atom stereocenters. The minimum Gasteiger partial charge on any atom is -0.465 e. The number of carbonyl (C=O) groups is 1. The lowest BCUT2D eigenvalue weighted by Gasteiger charge is -2.04. The number of esters is 1. The normalized spacial score (nSPS) is 12.7. The Labute approximate surface area is 72.1 Å². The predicted octanol–water partition coefficient (Wildman–Crippen LogP) is 1.17. The van der Waals surface area contributed by atoms with Crippen molar-refractivity contribution in [2.75, 3.05) is 12.4 Å². The van der Waals surface area contributed by atoms with Crippen LogP contribution in [0, 0.1) is 0 Å². The lowest BCUT2D eigenvalue weighted by Crippen LogP contribution is -2.15. The van der Waals surface area contributed by atoms with E-state index in [0.29, 0.717) is 6.61 Å². The molecule has 4 heteroatoms. The van der Waals surface area contributed by atoms with Gasteiger partial charge in [0.15, 0.2) is 0 Å². The van der Waals surface area contributed by atoms with E-state index in [2.05, 4.69) is 25.3 Å². The van der Waals surface area contributed by atoms with Crippen LogP contribution >= 0.6 is 25.3 Å². The van der Waals surface area contributed by atoms with Crippen molar-refractivity contribution in [3.8, 4) is 0 Å². The van der Waals surface area contributed by atoms with Crippen LogP contribution in [0.3, 0.4) is 0 Å². The average molecular weight is 180 g/mol. The average Bonchev–Trinajstić information content (AvgIpc) is 1.88. The van der Waals surface area contributed by atoms with E-state index in [9.17, 15) is 4.79 Å². The summed E-state index contributed by atoms with van der Waals surface area (Å²) in [6.07, 6.45) is 0.801. The standard InChI is InChI=1S/C6H12O2S2/c1-5(10)6(7)8-3-2-4-9/h5,9-10H,2-4H2,1H3. The molecule has 0 aliphatic rings.